The number of aromatic nitrogens is 2. The molecule has 2 heterocycles. The van der Waals surface area contributed by atoms with Crippen LogP contribution in [0.2, 0.25) is 0 Å². The van der Waals surface area contributed by atoms with Crippen LogP contribution < -0.4 is 5.73 Å². The summed E-state index contributed by atoms with van der Waals surface area (Å²) in [5, 5.41) is 0.896. The van der Waals surface area contributed by atoms with Gasteiger partial charge in [-0.25, -0.2) is 4.98 Å². The topological polar surface area (TPSA) is 51.8 Å². The first-order chi connectivity index (χ1) is 8.34. The number of fused-ring (bicyclic) bond motifs is 1. The molecule has 0 fully saturated rings. The average molecular weight is 221 g/mol. The number of hydrogen-bond donors (Lipinski definition) is 1. The van der Waals surface area contributed by atoms with Gasteiger partial charge in [-0.05, 0) is 18.2 Å². The first-order valence-corrected chi connectivity index (χ1v) is 5.41. The van der Waals surface area contributed by atoms with Crippen molar-refractivity contribution in [2.45, 2.75) is 0 Å². The van der Waals surface area contributed by atoms with E-state index in [0.717, 1.165) is 22.2 Å². The van der Waals surface area contributed by atoms with Crippen LogP contribution in [0.25, 0.3) is 22.2 Å². The van der Waals surface area contributed by atoms with Crippen LogP contribution in [-0.4, -0.2) is 9.97 Å². The van der Waals surface area contributed by atoms with Gasteiger partial charge in [-0.1, -0.05) is 30.3 Å². The molecule has 82 valence electrons. The van der Waals surface area contributed by atoms with Crippen molar-refractivity contribution in [1.82, 2.24) is 9.97 Å². The molecule has 0 aliphatic heterocycles. The highest BCUT2D eigenvalue weighted by atomic mass is 14.9. The van der Waals surface area contributed by atoms with Crippen molar-refractivity contribution >= 4 is 16.7 Å². The van der Waals surface area contributed by atoms with E-state index in [0.29, 0.717) is 5.82 Å². The highest BCUT2D eigenvalue weighted by Gasteiger charge is 2.05. The average Bonchev–Trinajstić information content (AvgIpc) is 2.40. The molecule has 0 saturated heterocycles. The van der Waals surface area contributed by atoms with Gasteiger partial charge >= 0.3 is 0 Å². The van der Waals surface area contributed by atoms with E-state index in [1.165, 1.54) is 0 Å². The molecule has 0 amide bonds. The third kappa shape index (κ3) is 1.72. The van der Waals surface area contributed by atoms with Gasteiger partial charge in [0.15, 0.2) is 0 Å². The summed E-state index contributed by atoms with van der Waals surface area (Å²) in [5.74, 6) is 0.523. The highest BCUT2D eigenvalue weighted by molar-refractivity contribution is 5.90. The van der Waals surface area contributed by atoms with Gasteiger partial charge in [-0.15, -0.1) is 0 Å². The van der Waals surface area contributed by atoms with Gasteiger partial charge in [0.25, 0.3) is 0 Å². The normalized spacial score (nSPS) is 10.6. The Hall–Kier alpha value is -2.42. The summed E-state index contributed by atoms with van der Waals surface area (Å²) in [7, 11) is 0. The number of rotatable bonds is 1. The predicted molar refractivity (Wildman–Crippen MR) is 69.4 cm³/mol. The minimum Gasteiger partial charge on any atom is -0.383 e. The van der Waals surface area contributed by atoms with Gasteiger partial charge in [0, 0.05) is 17.1 Å². The monoisotopic (exact) mass is 221 g/mol. The van der Waals surface area contributed by atoms with Crippen molar-refractivity contribution in [3.63, 3.8) is 0 Å². The van der Waals surface area contributed by atoms with Crippen molar-refractivity contribution in [2.24, 2.45) is 0 Å². The predicted octanol–water partition coefficient (Wildman–Crippen LogP) is 2.88. The van der Waals surface area contributed by atoms with Crippen LogP contribution in [-0.2, 0) is 0 Å². The van der Waals surface area contributed by atoms with Crippen molar-refractivity contribution in [3.05, 3.63) is 54.7 Å². The van der Waals surface area contributed by atoms with E-state index < -0.39 is 0 Å². The van der Waals surface area contributed by atoms with E-state index in [1.807, 2.05) is 48.5 Å². The Kier molecular flexibility index (Phi) is 2.22. The maximum absolute atomic E-state index is 5.94. The largest absolute Gasteiger partial charge is 0.383 e. The summed E-state index contributed by atoms with van der Waals surface area (Å²) in [6, 6.07) is 15.7. The molecule has 1 aromatic carbocycles. The van der Waals surface area contributed by atoms with Gasteiger partial charge in [-0.2, -0.15) is 0 Å². The fraction of sp³-hybridized carbons (Fsp3) is 0. The number of anilines is 1. The smallest absolute Gasteiger partial charge is 0.133 e. The van der Waals surface area contributed by atoms with Crippen molar-refractivity contribution < 1.29 is 0 Å². The third-order valence-corrected chi connectivity index (χ3v) is 2.70. The molecule has 0 bridgehead atoms. The van der Waals surface area contributed by atoms with E-state index in [-0.39, 0.29) is 0 Å². The third-order valence-electron chi connectivity index (χ3n) is 2.70. The van der Waals surface area contributed by atoms with Gasteiger partial charge < -0.3 is 5.73 Å². The number of nitrogens with zero attached hydrogens (tertiary/aromatic N) is 2. The molecule has 0 atom stereocenters. The van der Waals surface area contributed by atoms with Crippen LogP contribution in [0, 0.1) is 0 Å². The van der Waals surface area contributed by atoms with Gasteiger partial charge in [0.1, 0.15) is 5.82 Å². The standard InChI is InChI=1S/C14H11N3/c15-14-11-7-4-8-16-13(11)9-12(17-14)10-5-2-1-3-6-10/h1-9H,(H2,15,17). The minimum absolute atomic E-state index is 0.523. The Morgan fingerprint density at radius 1 is 0.941 bits per heavy atom. The van der Waals surface area contributed by atoms with Crippen LogP contribution in [0.5, 0.6) is 0 Å². The summed E-state index contributed by atoms with van der Waals surface area (Å²) in [4.78, 5) is 8.72. The van der Waals surface area contributed by atoms with E-state index in [2.05, 4.69) is 9.97 Å². The molecule has 0 radical (unpaired) electrons. The van der Waals surface area contributed by atoms with Gasteiger partial charge in [-0.3, -0.25) is 4.98 Å². The van der Waals surface area contributed by atoms with Gasteiger partial charge in [0.05, 0.1) is 11.2 Å². The van der Waals surface area contributed by atoms with Crippen LogP contribution in [0.4, 0.5) is 5.82 Å². The molecule has 0 saturated carbocycles. The highest BCUT2D eigenvalue weighted by Crippen LogP contribution is 2.24. The molecule has 0 spiro atoms. The van der Waals surface area contributed by atoms with Crippen molar-refractivity contribution in [1.29, 1.82) is 0 Å². The lowest BCUT2D eigenvalue weighted by Gasteiger charge is -2.05. The maximum Gasteiger partial charge on any atom is 0.133 e. The van der Waals surface area contributed by atoms with Crippen LogP contribution in [0.1, 0.15) is 0 Å². The maximum atomic E-state index is 5.94. The molecule has 2 aromatic heterocycles. The lowest BCUT2D eigenvalue weighted by Crippen LogP contribution is -1.95. The molecule has 3 heteroatoms. The molecule has 0 unspecified atom stereocenters. The molecule has 3 aromatic rings. The Labute approximate surface area is 98.9 Å². The zero-order valence-electron chi connectivity index (χ0n) is 9.17. The summed E-state index contributed by atoms with van der Waals surface area (Å²) in [5.41, 5.74) is 8.72. The Morgan fingerprint density at radius 3 is 2.59 bits per heavy atom. The molecule has 3 nitrogen and oxygen atoms in total. The quantitative estimate of drug-likeness (QED) is 0.687. The zero-order valence-corrected chi connectivity index (χ0v) is 9.17. The minimum atomic E-state index is 0.523. The SMILES string of the molecule is Nc1nc(-c2ccccc2)cc2ncccc12. The Morgan fingerprint density at radius 2 is 1.76 bits per heavy atom. The molecule has 0 aliphatic rings. The number of benzene rings is 1. The van der Waals surface area contributed by atoms with Crippen molar-refractivity contribution in [2.75, 3.05) is 5.73 Å². The summed E-state index contributed by atoms with van der Waals surface area (Å²) >= 11 is 0. The fourth-order valence-corrected chi connectivity index (χ4v) is 1.86. The molecule has 2 N–H and O–H groups in total. The molecular formula is C14H11N3. The first-order valence-electron chi connectivity index (χ1n) is 5.41. The van der Waals surface area contributed by atoms with Gasteiger partial charge in [0.2, 0.25) is 0 Å². The van der Waals surface area contributed by atoms with Crippen LogP contribution >= 0.6 is 0 Å². The number of nitrogens with two attached hydrogens (primary N) is 1. The van der Waals surface area contributed by atoms with E-state index >= 15 is 0 Å². The molecule has 3 rings (SSSR count). The second kappa shape index (κ2) is 3.87. The summed E-state index contributed by atoms with van der Waals surface area (Å²) in [6.07, 6.45) is 1.76. The summed E-state index contributed by atoms with van der Waals surface area (Å²) in [6.45, 7) is 0. The Bertz CT molecular complexity index is 663. The van der Waals surface area contributed by atoms with Crippen molar-refractivity contribution in [3.8, 4) is 11.3 Å². The van der Waals surface area contributed by atoms with E-state index in [9.17, 15) is 0 Å². The number of hydrogen-bond acceptors (Lipinski definition) is 3. The molecule has 0 aliphatic carbocycles. The number of pyridine rings is 2. The fourth-order valence-electron chi connectivity index (χ4n) is 1.86. The Balaban J connectivity index is 2.26. The van der Waals surface area contributed by atoms with E-state index in [1.54, 1.807) is 6.20 Å². The number of nitrogen functional groups attached to an aromatic ring is 1. The second-order valence-corrected chi connectivity index (χ2v) is 3.83. The van der Waals surface area contributed by atoms with Crippen LogP contribution in [0.15, 0.2) is 54.7 Å². The lowest BCUT2D eigenvalue weighted by atomic mass is 10.1. The summed E-state index contributed by atoms with van der Waals surface area (Å²) < 4.78 is 0. The first kappa shape index (κ1) is 9.78. The van der Waals surface area contributed by atoms with E-state index in [4.69, 9.17) is 5.73 Å². The molecular weight excluding hydrogens is 210 g/mol. The zero-order chi connectivity index (χ0) is 11.7. The molecule has 17 heavy (non-hydrogen) atoms. The lowest BCUT2D eigenvalue weighted by molar-refractivity contribution is 1.33. The second-order valence-electron chi connectivity index (χ2n) is 3.83. The van der Waals surface area contributed by atoms with Crippen LogP contribution in [0.3, 0.4) is 0 Å².